The van der Waals surface area contributed by atoms with Crippen molar-refractivity contribution in [3.63, 3.8) is 0 Å². The van der Waals surface area contributed by atoms with Crippen LogP contribution in [0.5, 0.6) is 0 Å². The number of likely N-dealkylation sites (tertiary alicyclic amines) is 1. The Bertz CT molecular complexity index is 1370. The number of piperidine rings is 1. The quantitative estimate of drug-likeness (QED) is 0.453. The van der Waals surface area contributed by atoms with E-state index in [2.05, 4.69) is 59.6 Å². The van der Waals surface area contributed by atoms with Crippen molar-refractivity contribution in [2.75, 3.05) is 18.4 Å². The first kappa shape index (κ1) is 23.7. The predicted molar refractivity (Wildman–Crippen MR) is 148 cm³/mol. The van der Waals surface area contributed by atoms with Crippen molar-refractivity contribution in [2.24, 2.45) is 5.92 Å². The number of nitrogens with zero attached hydrogens (tertiary/aromatic N) is 2. The highest BCUT2D eigenvalue weighted by Crippen LogP contribution is 2.49. The van der Waals surface area contributed by atoms with Crippen molar-refractivity contribution >= 4 is 17.7 Å². The van der Waals surface area contributed by atoms with Gasteiger partial charge in [0.1, 0.15) is 0 Å². The van der Waals surface area contributed by atoms with Crippen LogP contribution in [0.3, 0.4) is 0 Å². The zero-order valence-electron chi connectivity index (χ0n) is 21.4. The van der Waals surface area contributed by atoms with E-state index in [1.165, 1.54) is 11.1 Å². The summed E-state index contributed by atoms with van der Waals surface area (Å²) < 4.78 is 0. The summed E-state index contributed by atoms with van der Waals surface area (Å²) in [5.41, 5.74) is 4.92. The summed E-state index contributed by atoms with van der Waals surface area (Å²) in [5.74, 6) is 0.396. The Morgan fingerprint density at radius 2 is 1.76 bits per heavy atom. The van der Waals surface area contributed by atoms with E-state index in [1.54, 1.807) is 0 Å². The molecule has 0 bridgehead atoms. The van der Waals surface area contributed by atoms with Gasteiger partial charge in [0, 0.05) is 29.3 Å². The van der Waals surface area contributed by atoms with Gasteiger partial charge in [0.25, 0.3) is 5.91 Å². The minimum Gasteiger partial charge on any atom is -0.322 e. The number of carbonyl (C=O) groups excluding carboxylic acids is 1. The van der Waals surface area contributed by atoms with Gasteiger partial charge in [-0.1, -0.05) is 73.7 Å². The fraction of sp³-hybridized carbons (Fsp3) is 0.333. The zero-order valence-corrected chi connectivity index (χ0v) is 21.4. The molecular formula is C33H33N3O. The van der Waals surface area contributed by atoms with Gasteiger partial charge in [-0.05, 0) is 79.1 Å². The molecular weight excluding hydrogens is 454 g/mol. The van der Waals surface area contributed by atoms with Crippen LogP contribution in [0.2, 0.25) is 0 Å². The summed E-state index contributed by atoms with van der Waals surface area (Å²) >= 11 is 0. The Kier molecular flexibility index (Phi) is 5.97. The Morgan fingerprint density at radius 1 is 1.00 bits per heavy atom. The summed E-state index contributed by atoms with van der Waals surface area (Å²) in [6.07, 6.45) is 8.64. The molecule has 4 nitrogen and oxygen atoms in total. The zero-order chi connectivity index (χ0) is 25.5. The van der Waals surface area contributed by atoms with Gasteiger partial charge in [0.05, 0.1) is 11.5 Å². The molecule has 1 saturated heterocycles. The van der Waals surface area contributed by atoms with Crippen molar-refractivity contribution in [2.45, 2.75) is 49.5 Å². The Labute approximate surface area is 219 Å². The fourth-order valence-corrected chi connectivity index (χ4v) is 6.98. The van der Waals surface area contributed by atoms with Crippen LogP contribution in [0.15, 0.2) is 84.9 Å². The summed E-state index contributed by atoms with van der Waals surface area (Å²) in [5, 5.41) is 13.3. The van der Waals surface area contributed by atoms with Crippen LogP contribution in [0.4, 0.5) is 5.69 Å². The van der Waals surface area contributed by atoms with Gasteiger partial charge in [-0.2, -0.15) is 5.26 Å². The lowest BCUT2D eigenvalue weighted by Gasteiger charge is -2.46. The number of benzene rings is 3. The molecule has 3 aromatic carbocycles. The van der Waals surface area contributed by atoms with Gasteiger partial charge in [-0.15, -0.1) is 0 Å². The molecule has 3 aliphatic rings. The number of fused-ring (bicyclic) bond motifs is 2. The van der Waals surface area contributed by atoms with Crippen molar-refractivity contribution in [3.05, 3.63) is 107 Å². The van der Waals surface area contributed by atoms with Crippen LogP contribution in [-0.2, 0) is 10.8 Å². The monoisotopic (exact) mass is 487 g/mol. The third-order valence-corrected chi connectivity index (χ3v) is 9.17. The van der Waals surface area contributed by atoms with E-state index < -0.39 is 5.41 Å². The number of para-hydroxylation sites is 1. The van der Waals surface area contributed by atoms with E-state index in [0.717, 1.165) is 50.0 Å². The summed E-state index contributed by atoms with van der Waals surface area (Å²) in [6.45, 7) is 4.52. The first-order valence-electron chi connectivity index (χ1n) is 13.4. The van der Waals surface area contributed by atoms with Crippen LogP contribution >= 0.6 is 0 Å². The SMILES string of the molecule is CC1CN(C2CCC(C#N)(c3ccc(C(=O)Nc4ccccc4)cc3)C2)CCC12C=Cc1ccccc12. The molecule has 1 N–H and O–H groups in total. The fourth-order valence-electron chi connectivity index (χ4n) is 6.98. The van der Waals surface area contributed by atoms with E-state index in [1.807, 2.05) is 54.6 Å². The number of amides is 1. The Morgan fingerprint density at radius 3 is 2.51 bits per heavy atom. The molecule has 1 heterocycles. The lowest BCUT2D eigenvalue weighted by atomic mass is 9.67. The molecule has 3 aromatic rings. The maximum absolute atomic E-state index is 12.7. The van der Waals surface area contributed by atoms with Crippen LogP contribution in [0, 0.1) is 17.2 Å². The van der Waals surface area contributed by atoms with E-state index in [9.17, 15) is 10.1 Å². The minimum atomic E-state index is -0.489. The van der Waals surface area contributed by atoms with Gasteiger partial charge in [0.15, 0.2) is 0 Å². The number of nitrogens with one attached hydrogen (secondary N) is 1. The third-order valence-electron chi connectivity index (χ3n) is 9.17. The van der Waals surface area contributed by atoms with Crippen LogP contribution in [-0.4, -0.2) is 29.9 Å². The molecule has 4 unspecified atom stereocenters. The van der Waals surface area contributed by atoms with Crippen molar-refractivity contribution in [1.82, 2.24) is 4.90 Å². The summed E-state index contributed by atoms with van der Waals surface area (Å²) in [7, 11) is 0. The number of nitriles is 1. The van der Waals surface area contributed by atoms with Crippen LogP contribution < -0.4 is 5.32 Å². The number of allylic oxidation sites excluding steroid dienone is 1. The normalized spacial score (nSPS) is 28.6. The first-order valence-corrected chi connectivity index (χ1v) is 13.4. The minimum absolute atomic E-state index is 0.133. The Balaban J connectivity index is 1.14. The second kappa shape index (κ2) is 9.32. The second-order valence-electron chi connectivity index (χ2n) is 11.1. The van der Waals surface area contributed by atoms with Crippen molar-refractivity contribution in [1.29, 1.82) is 5.26 Å². The van der Waals surface area contributed by atoms with Gasteiger partial charge < -0.3 is 5.32 Å². The average Bonchev–Trinajstić information content (AvgIpc) is 3.55. The topological polar surface area (TPSA) is 56.1 Å². The standard InChI is InChI=1S/C33H33N3O/c1-24-22-36(20-19-33(24)18-15-25-7-5-6-10-30(25)33)29-16-17-32(21-29,23-34)27-13-11-26(12-14-27)31(37)35-28-8-3-2-4-9-28/h2-15,18,24,29H,16-17,19-22H2,1H3,(H,35,37). The molecule has 1 aliphatic heterocycles. The molecule has 37 heavy (non-hydrogen) atoms. The molecule has 1 saturated carbocycles. The highest BCUT2D eigenvalue weighted by Gasteiger charge is 2.48. The number of rotatable bonds is 4. The smallest absolute Gasteiger partial charge is 0.255 e. The van der Waals surface area contributed by atoms with Crippen molar-refractivity contribution in [3.8, 4) is 6.07 Å². The third kappa shape index (κ3) is 4.08. The van der Waals surface area contributed by atoms with E-state index in [4.69, 9.17) is 0 Å². The highest BCUT2D eigenvalue weighted by molar-refractivity contribution is 6.04. The maximum atomic E-state index is 12.7. The summed E-state index contributed by atoms with van der Waals surface area (Å²) in [4.78, 5) is 15.3. The first-order chi connectivity index (χ1) is 18.0. The molecule has 2 fully saturated rings. The molecule has 0 aromatic heterocycles. The molecule has 0 radical (unpaired) electrons. The predicted octanol–water partition coefficient (Wildman–Crippen LogP) is 6.56. The highest BCUT2D eigenvalue weighted by atomic mass is 16.1. The van der Waals surface area contributed by atoms with Gasteiger partial charge in [-0.25, -0.2) is 0 Å². The molecule has 1 amide bonds. The van der Waals surface area contributed by atoms with Gasteiger partial charge in [-0.3, -0.25) is 9.69 Å². The summed E-state index contributed by atoms with van der Waals surface area (Å²) in [6, 6.07) is 29.1. The Hall–Kier alpha value is -3.68. The molecule has 2 aliphatic carbocycles. The lowest BCUT2D eigenvalue weighted by Crippen LogP contribution is -2.50. The van der Waals surface area contributed by atoms with Crippen LogP contribution in [0.25, 0.3) is 6.08 Å². The average molecular weight is 488 g/mol. The van der Waals surface area contributed by atoms with E-state index >= 15 is 0 Å². The number of hydrogen-bond donors (Lipinski definition) is 1. The van der Waals surface area contributed by atoms with Crippen LogP contribution in [0.1, 0.15) is 59.7 Å². The molecule has 4 atom stereocenters. The maximum Gasteiger partial charge on any atom is 0.255 e. The number of carbonyl (C=O) groups is 1. The number of anilines is 1. The molecule has 4 heteroatoms. The molecule has 6 rings (SSSR count). The largest absolute Gasteiger partial charge is 0.322 e. The van der Waals surface area contributed by atoms with Gasteiger partial charge in [0.2, 0.25) is 0 Å². The lowest BCUT2D eigenvalue weighted by molar-refractivity contribution is 0.0887. The number of hydrogen-bond acceptors (Lipinski definition) is 3. The van der Waals surface area contributed by atoms with E-state index in [-0.39, 0.29) is 11.3 Å². The van der Waals surface area contributed by atoms with E-state index in [0.29, 0.717) is 17.5 Å². The molecule has 1 spiro atoms. The second-order valence-corrected chi connectivity index (χ2v) is 11.1. The van der Waals surface area contributed by atoms with Gasteiger partial charge >= 0.3 is 0 Å². The van der Waals surface area contributed by atoms with Crippen molar-refractivity contribution < 1.29 is 4.79 Å². The molecule has 186 valence electrons.